The molecule has 154 valence electrons. The van der Waals surface area contributed by atoms with Crippen LogP contribution < -0.4 is 10.9 Å². The van der Waals surface area contributed by atoms with Gasteiger partial charge in [-0.15, -0.1) is 0 Å². The first-order valence-corrected chi connectivity index (χ1v) is 9.08. The van der Waals surface area contributed by atoms with Crippen LogP contribution in [0.1, 0.15) is 21.6 Å². The molecule has 0 spiro atoms. The van der Waals surface area contributed by atoms with Gasteiger partial charge in [0.05, 0.1) is 11.3 Å². The highest BCUT2D eigenvalue weighted by Gasteiger charge is 2.30. The van der Waals surface area contributed by atoms with E-state index < -0.39 is 17.6 Å². The van der Waals surface area contributed by atoms with Gasteiger partial charge in [0.1, 0.15) is 5.84 Å². The Morgan fingerprint density at radius 1 is 1.03 bits per heavy atom. The third-order valence-electron chi connectivity index (χ3n) is 3.97. The predicted molar refractivity (Wildman–Crippen MR) is 108 cm³/mol. The van der Waals surface area contributed by atoms with Gasteiger partial charge in [-0.1, -0.05) is 29.8 Å². The van der Waals surface area contributed by atoms with Crippen molar-refractivity contribution >= 4 is 29.0 Å². The Bertz CT molecular complexity index is 1160. The Hall–Kier alpha value is -3.39. The lowest BCUT2D eigenvalue weighted by Gasteiger charge is -2.11. The number of amides is 1. The summed E-state index contributed by atoms with van der Waals surface area (Å²) in [5.74, 6) is -0.484. The Kier molecular flexibility index (Phi) is 6.37. The number of nitrogens with zero attached hydrogens (tertiary/aromatic N) is 1. The minimum Gasteiger partial charge on any atom is -0.326 e. The number of halogens is 4. The van der Waals surface area contributed by atoms with Crippen LogP contribution in [0, 0.1) is 0 Å². The number of nitrogens with one attached hydrogen (secondary N) is 2. The molecule has 0 saturated carbocycles. The summed E-state index contributed by atoms with van der Waals surface area (Å²) < 4.78 is 39.0. The lowest BCUT2D eigenvalue weighted by Crippen LogP contribution is -2.32. The molecule has 0 aliphatic rings. The molecule has 5 nitrogen and oxygen atoms in total. The van der Waals surface area contributed by atoms with E-state index >= 15 is 0 Å². The van der Waals surface area contributed by atoms with Crippen molar-refractivity contribution in [3.63, 3.8) is 0 Å². The minimum atomic E-state index is -4.53. The monoisotopic (exact) mass is 433 g/mol. The van der Waals surface area contributed by atoms with E-state index in [0.29, 0.717) is 10.7 Å². The van der Waals surface area contributed by atoms with E-state index in [1.54, 1.807) is 18.2 Å². The lowest BCUT2D eigenvalue weighted by atomic mass is 10.2. The van der Waals surface area contributed by atoms with Crippen LogP contribution in [-0.4, -0.2) is 16.7 Å². The smallest absolute Gasteiger partial charge is 0.326 e. The summed E-state index contributed by atoms with van der Waals surface area (Å²) in [6, 6.07) is 15.0. The van der Waals surface area contributed by atoms with Gasteiger partial charge in [0.25, 0.3) is 5.91 Å². The molecule has 3 rings (SSSR count). The largest absolute Gasteiger partial charge is 0.416 e. The zero-order chi connectivity index (χ0) is 21.7. The van der Waals surface area contributed by atoms with Gasteiger partial charge in [0.15, 0.2) is 0 Å². The van der Waals surface area contributed by atoms with Crippen molar-refractivity contribution in [3.8, 4) is 0 Å². The van der Waals surface area contributed by atoms with E-state index in [9.17, 15) is 22.8 Å². The number of rotatable bonds is 4. The molecule has 0 unspecified atom stereocenters. The standard InChI is InChI=1S/C21H15ClF3N3O2/c22-15-6-1-4-13(10-15)20(30)28-18(12-17-8-3-9-19(29)27-17)26-16-7-2-5-14(11-16)21(23,24)25/h1-11H,12H2,(H,27,29)(H,26,28,30). The molecule has 1 aromatic heterocycles. The Labute approximate surface area is 174 Å². The second-order valence-corrected chi connectivity index (χ2v) is 6.72. The summed E-state index contributed by atoms with van der Waals surface area (Å²) in [6.07, 6.45) is -4.54. The average molecular weight is 434 g/mol. The van der Waals surface area contributed by atoms with Crippen molar-refractivity contribution in [1.29, 1.82) is 0 Å². The summed E-state index contributed by atoms with van der Waals surface area (Å²) in [5, 5.41) is 2.94. The maximum atomic E-state index is 13.0. The Morgan fingerprint density at radius 2 is 1.77 bits per heavy atom. The molecule has 0 bridgehead atoms. The van der Waals surface area contributed by atoms with Crippen LogP contribution in [0.25, 0.3) is 0 Å². The van der Waals surface area contributed by atoms with Gasteiger partial charge in [0, 0.05) is 28.8 Å². The second kappa shape index (κ2) is 8.96. The summed E-state index contributed by atoms with van der Waals surface area (Å²) in [6.45, 7) is 0. The number of H-pyrrole nitrogens is 1. The number of aliphatic imine (C=N–C) groups is 1. The minimum absolute atomic E-state index is 0.00416. The molecule has 30 heavy (non-hydrogen) atoms. The van der Waals surface area contributed by atoms with Crippen molar-refractivity contribution in [2.45, 2.75) is 12.6 Å². The number of pyridine rings is 1. The fourth-order valence-electron chi connectivity index (χ4n) is 2.63. The summed E-state index contributed by atoms with van der Waals surface area (Å²) in [5.41, 5.74) is -0.533. The molecule has 0 aliphatic carbocycles. The lowest BCUT2D eigenvalue weighted by molar-refractivity contribution is -0.137. The number of alkyl halides is 3. The van der Waals surface area contributed by atoms with Gasteiger partial charge in [-0.05, 0) is 42.5 Å². The first-order chi connectivity index (χ1) is 14.2. The fraction of sp³-hybridized carbons (Fsp3) is 0.0952. The van der Waals surface area contributed by atoms with E-state index in [0.717, 1.165) is 12.1 Å². The molecule has 2 aromatic carbocycles. The summed E-state index contributed by atoms with van der Waals surface area (Å²) >= 11 is 5.91. The van der Waals surface area contributed by atoms with Crippen LogP contribution in [0.3, 0.4) is 0 Å². The van der Waals surface area contributed by atoms with Crippen molar-refractivity contribution in [1.82, 2.24) is 10.3 Å². The second-order valence-electron chi connectivity index (χ2n) is 6.29. The van der Waals surface area contributed by atoms with Crippen LogP contribution in [0.5, 0.6) is 0 Å². The zero-order valence-corrected chi connectivity index (χ0v) is 16.1. The van der Waals surface area contributed by atoms with E-state index in [4.69, 9.17) is 11.6 Å². The number of benzene rings is 2. The van der Waals surface area contributed by atoms with Crippen molar-refractivity contribution < 1.29 is 18.0 Å². The average Bonchev–Trinajstić information content (AvgIpc) is 2.67. The van der Waals surface area contributed by atoms with Crippen LogP contribution in [0.4, 0.5) is 18.9 Å². The van der Waals surface area contributed by atoms with Gasteiger partial charge >= 0.3 is 6.18 Å². The van der Waals surface area contributed by atoms with Crippen LogP contribution in [0.2, 0.25) is 5.02 Å². The number of hydrogen-bond donors (Lipinski definition) is 2. The number of aromatic nitrogens is 1. The number of amidine groups is 1. The molecule has 9 heteroatoms. The Morgan fingerprint density at radius 3 is 2.47 bits per heavy atom. The number of aromatic amines is 1. The summed E-state index contributed by atoms with van der Waals surface area (Å²) in [7, 11) is 0. The quantitative estimate of drug-likeness (QED) is 0.460. The van der Waals surface area contributed by atoms with Gasteiger partial charge in [-0.2, -0.15) is 13.2 Å². The van der Waals surface area contributed by atoms with Crippen molar-refractivity contribution in [2.24, 2.45) is 4.99 Å². The maximum Gasteiger partial charge on any atom is 0.416 e. The molecule has 1 amide bonds. The highest BCUT2D eigenvalue weighted by atomic mass is 35.5. The first-order valence-electron chi connectivity index (χ1n) is 8.71. The van der Waals surface area contributed by atoms with Gasteiger partial charge in [-0.3, -0.25) is 9.59 Å². The summed E-state index contributed by atoms with van der Waals surface area (Å²) in [4.78, 5) is 30.9. The molecule has 0 aliphatic heterocycles. The normalized spacial score (nSPS) is 11.9. The molecule has 0 saturated heterocycles. The molecule has 0 fully saturated rings. The highest BCUT2D eigenvalue weighted by molar-refractivity contribution is 6.31. The molecule has 3 aromatic rings. The number of hydrogen-bond acceptors (Lipinski definition) is 3. The fourth-order valence-corrected chi connectivity index (χ4v) is 2.82. The molecular weight excluding hydrogens is 419 g/mol. The van der Waals surface area contributed by atoms with E-state index in [1.165, 1.54) is 36.4 Å². The maximum absolute atomic E-state index is 13.0. The SMILES string of the molecule is O=C(NC(Cc1cccc(=O)[nH]1)=Nc1cccc(C(F)(F)F)c1)c1cccc(Cl)c1. The number of carbonyl (C=O) groups excluding carboxylic acids is 1. The van der Waals surface area contributed by atoms with Crippen LogP contribution >= 0.6 is 11.6 Å². The van der Waals surface area contributed by atoms with Crippen molar-refractivity contribution in [3.05, 3.63) is 98.9 Å². The molecular formula is C21H15ClF3N3O2. The van der Waals surface area contributed by atoms with Crippen molar-refractivity contribution in [2.75, 3.05) is 0 Å². The van der Waals surface area contributed by atoms with Gasteiger partial charge in [-0.25, -0.2) is 4.99 Å². The van der Waals surface area contributed by atoms with E-state index in [-0.39, 0.29) is 29.1 Å². The van der Waals surface area contributed by atoms with Gasteiger partial charge < -0.3 is 10.3 Å². The highest BCUT2D eigenvalue weighted by Crippen LogP contribution is 2.31. The molecule has 2 N–H and O–H groups in total. The van der Waals surface area contributed by atoms with E-state index in [2.05, 4.69) is 15.3 Å². The number of carbonyl (C=O) groups is 1. The molecule has 1 heterocycles. The molecule has 0 radical (unpaired) electrons. The third kappa shape index (κ3) is 5.81. The predicted octanol–water partition coefficient (Wildman–Crippen LogP) is 4.75. The van der Waals surface area contributed by atoms with Crippen LogP contribution in [-0.2, 0) is 12.6 Å². The van der Waals surface area contributed by atoms with Crippen LogP contribution in [0.15, 0.2) is 76.5 Å². The van der Waals surface area contributed by atoms with E-state index in [1.807, 2.05) is 0 Å². The van der Waals surface area contributed by atoms with Gasteiger partial charge in [0.2, 0.25) is 5.56 Å². The first kappa shape index (κ1) is 21.3. The Balaban J connectivity index is 1.95. The third-order valence-corrected chi connectivity index (χ3v) is 4.20. The zero-order valence-electron chi connectivity index (χ0n) is 15.3. The topological polar surface area (TPSA) is 74.3 Å². The molecule has 0 atom stereocenters.